The third-order valence-corrected chi connectivity index (χ3v) is 5.51. The quantitative estimate of drug-likeness (QED) is 0.902. The van der Waals surface area contributed by atoms with Gasteiger partial charge in [0, 0.05) is 23.1 Å². The molecule has 1 amide bonds. The first-order valence-corrected chi connectivity index (χ1v) is 9.11. The molecule has 23 heavy (non-hydrogen) atoms. The van der Waals surface area contributed by atoms with Gasteiger partial charge >= 0.3 is 5.97 Å². The number of rotatable bonds is 3. The highest BCUT2D eigenvalue weighted by Crippen LogP contribution is 2.32. The molecule has 124 valence electrons. The molecule has 0 aliphatic carbocycles. The van der Waals surface area contributed by atoms with Crippen molar-refractivity contribution in [1.29, 1.82) is 0 Å². The Bertz CT molecular complexity index is 594. The van der Waals surface area contributed by atoms with Gasteiger partial charge in [-0.1, -0.05) is 23.7 Å². The minimum atomic E-state index is -0.997. The van der Waals surface area contributed by atoms with Crippen LogP contribution in [-0.4, -0.2) is 52.1 Å². The van der Waals surface area contributed by atoms with Crippen molar-refractivity contribution >= 4 is 35.2 Å². The summed E-state index contributed by atoms with van der Waals surface area (Å²) in [5, 5.41) is 9.68. The minimum absolute atomic E-state index is 0.0222. The van der Waals surface area contributed by atoms with Crippen molar-refractivity contribution in [1.82, 2.24) is 4.90 Å². The van der Waals surface area contributed by atoms with Gasteiger partial charge in [0.1, 0.15) is 6.10 Å². The Kier molecular flexibility index (Phi) is 5.14. The molecule has 1 aromatic rings. The zero-order valence-electron chi connectivity index (χ0n) is 12.5. The number of carbonyl (C=O) groups excluding carboxylic acids is 1. The molecule has 3 atom stereocenters. The van der Waals surface area contributed by atoms with Gasteiger partial charge in [0.2, 0.25) is 0 Å². The number of amides is 1. The lowest BCUT2D eigenvalue weighted by molar-refractivity contribution is -0.155. The molecule has 2 heterocycles. The summed E-state index contributed by atoms with van der Waals surface area (Å²) in [6, 6.07) is 7.51. The average Bonchev–Trinajstić information content (AvgIpc) is 3.05. The predicted molar refractivity (Wildman–Crippen MR) is 88.8 cm³/mol. The summed E-state index contributed by atoms with van der Waals surface area (Å²) in [5.74, 6) is 0.602. The average molecular weight is 356 g/mol. The number of hydrogen-bond acceptors (Lipinski definition) is 4. The van der Waals surface area contributed by atoms with Gasteiger partial charge in [-0.3, -0.25) is 4.79 Å². The van der Waals surface area contributed by atoms with Crippen molar-refractivity contribution in [2.45, 2.75) is 31.1 Å². The van der Waals surface area contributed by atoms with E-state index in [1.165, 1.54) is 0 Å². The van der Waals surface area contributed by atoms with Crippen LogP contribution < -0.4 is 0 Å². The van der Waals surface area contributed by atoms with E-state index in [-0.39, 0.29) is 11.9 Å². The maximum Gasteiger partial charge on any atom is 0.332 e. The second kappa shape index (κ2) is 7.11. The summed E-state index contributed by atoms with van der Waals surface area (Å²) in [6.45, 7) is 0.647. The minimum Gasteiger partial charge on any atom is -0.479 e. The Balaban J connectivity index is 1.75. The first-order valence-electron chi connectivity index (χ1n) is 7.58. The van der Waals surface area contributed by atoms with E-state index < -0.39 is 18.2 Å². The number of ether oxygens (including phenoxy) is 1. The normalized spacial score (nSPS) is 27.9. The van der Waals surface area contributed by atoms with Crippen molar-refractivity contribution < 1.29 is 19.4 Å². The van der Waals surface area contributed by atoms with Crippen molar-refractivity contribution in [3.05, 3.63) is 34.9 Å². The largest absolute Gasteiger partial charge is 0.479 e. The second-order valence-corrected chi connectivity index (χ2v) is 7.29. The third kappa shape index (κ3) is 3.65. The van der Waals surface area contributed by atoms with Gasteiger partial charge in [-0.05, 0) is 30.5 Å². The van der Waals surface area contributed by atoms with Crippen molar-refractivity contribution in [2.75, 3.05) is 18.1 Å². The van der Waals surface area contributed by atoms with Gasteiger partial charge in [0.05, 0.1) is 6.04 Å². The zero-order valence-corrected chi connectivity index (χ0v) is 14.1. The van der Waals surface area contributed by atoms with Gasteiger partial charge in [0.15, 0.2) is 6.10 Å². The Morgan fingerprint density at radius 1 is 1.22 bits per heavy atom. The van der Waals surface area contributed by atoms with E-state index in [1.807, 2.05) is 40.9 Å². The van der Waals surface area contributed by atoms with Crippen LogP contribution in [0, 0.1) is 0 Å². The summed E-state index contributed by atoms with van der Waals surface area (Å²) >= 11 is 7.75. The smallest absolute Gasteiger partial charge is 0.332 e. The van der Waals surface area contributed by atoms with Crippen molar-refractivity contribution in [3.63, 3.8) is 0 Å². The lowest BCUT2D eigenvalue weighted by Gasteiger charge is -2.37. The molecule has 1 aromatic carbocycles. The topological polar surface area (TPSA) is 66.8 Å². The van der Waals surface area contributed by atoms with E-state index in [9.17, 15) is 9.59 Å². The van der Waals surface area contributed by atoms with E-state index in [0.717, 1.165) is 17.1 Å². The summed E-state index contributed by atoms with van der Waals surface area (Å²) in [7, 11) is 0. The molecule has 1 unspecified atom stereocenters. The first-order chi connectivity index (χ1) is 11.1. The van der Waals surface area contributed by atoms with Crippen molar-refractivity contribution in [3.8, 4) is 0 Å². The number of carboxylic acid groups (broad SMARTS) is 1. The Morgan fingerprint density at radius 2 is 1.91 bits per heavy atom. The second-order valence-electron chi connectivity index (χ2n) is 5.70. The summed E-state index contributed by atoms with van der Waals surface area (Å²) in [4.78, 5) is 25.6. The van der Waals surface area contributed by atoms with Crippen LogP contribution in [0.4, 0.5) is 0 Å². The standard InChI is InChI=1S/C16H18ClNO4S/c17-11-3-1-10(2-4-11)12-9-23-8-7-18(12)15(19)13-5-6-14(22-13)16(20)21/h1-4,12-14H,5-9H2,(H,20,21)/t12?,13-,14+/m0/s1. The number of halogens is 1. The Morgan fingerprint density at radius 3 is 2.57 bits per heavy atom. The fourth-order valence-corrected chi connectivity index (χ4v) is 4.23. The molecule has 5 nitrogen and oxygen atoms in total. The highest BCUT2D eigenvalue weighted by atomic mass is 35.5. The van der Waals surface area contributed by atoms with Crippen LogP contribution in [0.3, 0.4) is 0 Å². The molecule has 0 radical (unpaired) electrons. The number of nitrogens with zero attached hydrogens (tertiary/aromatic N) is 1. The summed E-state index contributed by atoms with van der Waals surface area (Å²) < 4.78 is 5.42. The predicted octanol–water partition coefficient (Wildman–Crippen LogP) is 2.59. The molecular weight excluding hydrogens is 338 g/mol. The van der Waals surface area contributed by atoms with Gasteiger partial charge in [0.25, 0.3) is 5.91 Å². The molecule has 0 aromatic heterocycles. The van der Waals surface area contributed by atoms with Crippen LogP contribution in [0.1, 0.15) is 24.4 Å². The third-order valence-electron chi connectivity index (χ3n) is 4.24. The lowest BCUT2D eigenvalue weighted by atomic mass is 10.1. The molecule has 2 saturated heterocycles. The molecule has 1 N–H and O–H groups in total. The van der Waals surface area contributed by atoms with Gasteiger partial charge in [-0.15, -0.1) is 0 Å². The highest BCUT2D eigenvalue weighted by Gasteiger charge is 2.39. The summed E-state index contributed by atoms with van der Waals surface area (Å²) in [6.07, 6.45) is -0.654. The highest BCUT2D eigenvalue weighted by molar-refractivity contribution is 7.99. The lowest BCUT2D eigenvalue weighted by Crippen LogP contribution is -2.46. The number of thioether (sulfide) groups is 1. The maximum atomic E-state index is 12.8. The number of benzene rings is 1. The molecule has 3 rings (SSSR count). The van der Waals surface area contributed by atoms with E-state index in [0.29, 0.717) is 24.4 Å². The fraction of sp³-hybridized carbons (Fsp3) is 0.500. The van der Waals surface area contributed by atoms with Crippen LogP contribution in [-0.2, 0) is 14.3 Å². The molecule has 0 spiro atoms. The van der Waals surface area contributed by atoms with Crippen LogP contribution in [0.15, 0.2) is 24.3 Å². The van der Waals surface area contributed by atoms with Crippen LogP contribution in [0.5, 0.6) is 0 Å². The first kappa shape index (κ1) is 16.6. The maximum absolute atomic E-state index is 12.8. The molecule has 0 bridgehead atoms. The molecule has 2 aliphatic heterocycles. The van der Waals surface area contributed by atoms with Crippen molar-refractivity contribution in [2.24, 2.45) is 0 Å². The number of hydrogen-bond donors (Lipinski definition) is 1. The van der Waals surface area contributed by atoms with Gasteiger partial charge < -0.3 is 14.7 Å². The molecule has 2 fully saturated rings. The number of carbonyl (C=O) groups is 2. The molecular formula is C16H18ClNO4S. The summed E-state index contributed by atoms with van der Waals surface area (Å²) in [5.41, 5.74) is 1.04. The monoisotopic (exact) mass is 355 g/mol. The Hall–Kier alpha value is -1.24. The molecule has 7 heteroatoms. The zero-order chi connectivity index (χ0) is 16.4. The van der Waals surface area contributed by atoms with Crippen LogP contribution >= 0.6 is 23.4 Å². The van der Waals surface area contributed by atoms with Gasteiger partial charge in [-0.2, -0.15) is 11.8 Å². The molecule has 2 aliphatic rings. The number of carboxylic acids is 1. The van der Waals surface area contributed by atoms with Crippen LogP contribution in [0.25, 0.3) is 0 Å². The fourth-order valence-electron chi connectivity index (χ4n) is 3.01. The SMILES string of the molecule is O=C(O)[C@H]1CC[C@@H](C(=O)N2CCSCC2c2ccc(Cl)cc2)O1. The van der Waals surface area contributed by atoms with Crippen LogP contribution in [0.2, 0.25) is 5.02 Å². The van der Waals surface area contributed by atoms with E-state index in [1.54, 1.807) is 0 Å². The van der Waals surface area contributed by atoms with E-state index >= 15 is 0 Å². The Labute approximate surface area is 143 Å². The molecule has 0 saturated carbocycles. The van der Waals surface area contributed by atoms with E-state index in [4.69, 9.17) is 21.4 Å². The van der Waals surface area contributed by atoms with Gasteiger partial charge in [-0.25, -0.2) is 4.79 Å². The number of aliphatic carboxylic acids is 1. The van der Waals surface area contributed by atoms with E-state index in [2.05, 4.69) is 0 Å².